The number of phosphoric acid groups is 3. The van der Waals surface area contributed by atoms with E-state index in [0.717, 1.165) is 12.3 Å². The van der Waals surface area contributed by atoms with Gasteiger partial charge >= 0.3 is 29.2 Å². The maximum absolute atomic E-state index is 14.8. The van der Waals surface area contributed by atoms with Crippen molar-refractivity contribution in [3.05, 3.63) is 33.1 Å². The average Bonchev–Trinajstić information content (AvgIpc) is 2.75. The third-order valence-corrected chi connectivity index (χ3v) is 7.12. The summed E-state index contributed by atoms with van der Waals surface area (Å²) in [6.45, 7) is -1.75. The molecule has 2 heterocycles. The molecule has 1 aromatic rings. The Morgan fingerprint density at radius 1 is 1.13 bits per heavy atom. The molecular weight excluding hydrogens is 488 g/mol. The number of aromatic amines is 1. The number of nitrogens with zero attached hydrogens (tertiary/aromatic N) is 1. The van der Waals surface area contributed by atoms with Crippen molar-refractivity contribution in [2.24, 2.45) is 0 Å². The Morgan fingerprint density at radius 3 is 2.27 bits per heavy atom. The van der Waals surface area contributed by atoms with Crippen molar-refractivity contribution in [1.82, 2.24) is 9.55 Å². The van der Waals surface area contributed by atoms with Crippen molar-refractivity contribution in [3.8, 4) is 0 Å². The lowest BCUT2D eigenvalue weighted by Crippen LogP contribution is -2.43. The van der Waals surface area contributed by atoms with Gasteiger partial charge in [0.2, 0.25) is 0 Å². The number of aromatic nitrogens is 2. The van der Waals surface area contributed by atoms with Crippen molar-refractivity contribution in [2.75, 3.05) is 6.61 Å². The number of halogens is 1. The topological polar surface area (TPSA) is 264 Å². The molecule has 1 fully saturated rings. The van der Waals surface area contributed by atoms with Crippen molar-refractivity contribution < 1.29 is 65.8 Å². The Labute approximate surface area is 163 Å². The van der Waals surface area contributed by atoms with Crippen LogP contribution in [0.1, 0.15) is 6.23 Å². The molecule has 2 unspecified atom stereocenters. The molecule has 0 aliphatic carbocycles. The van der Waals surface area contributed by atoms with Crippen molar-refractivity contribution in [3.63, 3.8) is 0 Å². The van der Waals surface area contributed by atoms with Crippen LogP contribution in [0.25, 0.3) is 0 Å². The highest BCUT2D eigenvalue weighted by Gasteiger charge is 2.57. The minimum Gasteiger partial charge on any atom is -0.385 e. The fourth-order valence-corrected chi connectivity index (χ4v) is 5.23. The van der Waals surface area contributed by atoms with Crippen LogP contribution in [-0.2, 0) is 31.6 Å². The first-order valence-corrected chi connectivity index (χ1v) is 11.8. The van der Waals surface area contributed by atoms with E-state index < -0.39 is 65.6 Å². The van der Waals surface area contributed by atoms with Gasteiger partial charge in [-0.05, 0) is 0 Å². The maximum Gasteiger partial charge on any atom is 0.490 e. The summed E-state index contributed by atoms with van der Waals surface area (Å²) < 4.78 is 64.2. The summed E-state index contributed by atoms with van der Waals surface area (Å²) in [6.07, 6.45) is -5.83. The van der Waals surface area contributed by atoms with Gasteiger partial charge in [-0.25, -0.2) is 22.9 Å². The zero-order valence-corrected chi connectivity index (χ0v) is 16.8. The standard InChI is InChI=1S/C9H14FN2O15P3/c10-9(3-24-29(20,21)27-30(22,23)26-28(17,18)19)6(15)5(14)7(25-9)12-2-1-4(13)11-8(12)16/h1-2,5-7,14-15H,3H2,(H,20,21)(H,22,23)(H,11,13,16)(H2,17,18,19)/t5-,6+,7-,9-/m1/s1. The zero-order chi connectivity index (χ0) is 23.1. The number of rotatable bonds is 8. The molecule has 7 N–H and O–H groups in total. The summed E-state index contributed by atoms with van der Waals surface area (Å²) in [5.41, 5.74) is -2.01. The Balaban J connectivity index is 2.15. The number of hydrogen-bond donors (Lipinski definition) is 7. The minimum absolute atomic E-state index is 0.474. The fraction of sp³-hybridized carbons (Fsp3) is 0.556. The van der Waals surface area contributed by atoms with Crippen LogP contribution in [0.4, 0.5) is 4.39 Å². The monoisotopic (exact) mass is 502 g/mol. The number of hydrogen-bond acceptors (Lipinski definition) is 11. The molecule has 17 nitrogen and oxygen atoms in total. The van der Waals surface area contributed by atoms with Gasteiger partial charge in [0.05, 0.1) is 0 Å². The third-order valence-electron chi connectivity index (χ3n) is 3.34. The molecule has 0 spiro atoms. The number of aliphatic hydroxyl groups excluding tert-OH is 2. The molecule has 6 atom stereocenters. The highest BCUT2D eigenvalue weighted by molar-refractivity contribution is 7.66. The first kappa shape index (κ1) is 25.2. The lowest BCUT2D eigenvalue weighted by atomic mass is 10.1. The van der Waals surface area contributed by atoms with Crippen molar-refractivity contribution in [2.45, 2.75) is 24.3 Å². The van der Waals surface area contributed by atoms with Crippen molar-refractivity contribution in [1.29, 1.82) is 0 Å². The van der Waals surface area contributed by atoms with Crippen LogP contribution in [0.5, 0.6) is 0 Å². The number of nitrogens with one attached hydrogen (secondary N) is 1. The molecule has 30 heavy (non-hydrogen) atoms. The highest BCUT2D eigenvalue weighted by Crippen LogP contribution is 2.66. The molecule has 21 heteroatoms. The van der Waals surface area contributed by atoms with E-state index in [1.807, 2.05) is 0 Å². The first-order chi connectivity index (χ1) is 13.4. The Hall–Kier alpha value is -1.10. The molecule has 0 saturated carbocycles. The van der Waals surface area contributed by atoms with E-state index in [9.17, 15) is 42.8 Å². The predicted octanol–water partition coefficient (Wildman–Crippen LogP) is -2.20. The van der Waals surface area contributed by atoms with E-state index in [4.69, 9.17) is 14.7 Å². The lowest BCUT2D eigenvalue weighted by Gasteiger charge is -2.24. The number of aliphatic hydroxyl groups is 2. The molecule has 0 radical (unpaired) electrons. The van der Waals surface area contributed by atoms with Gasteiger partial charge in [-0.1, -0.05) is 0 Å². The lowest BCUT2D eigenvalue weighted by molar-refractivity contribution is -0.204. The van der Waals surface area contributed by atoms with E-state index in [0.29, 0.717) is 4.57 Å². The van der Waals surface area contributed by atoms with E-state index in [1.165, 1.54) is 0 Å². The summed E-state index contributed by atoms with van der Waals surface area (Å²) >= 11 is 0. The quantitative estimate of drug-likeness (QED) is 0.186. The van der Waals surface area contributed by atoms with E-state index >= 15 is 0 Å². The number of phosphoric ester groups is 1. The molecule has 1 aliphatic rings. The average molecular weight is 502 g/mol. The van der Waals surface area contributed by atoms with Crippen LogP contribution in [0, 0.1) is 0 Å². The first-order valence-electron chi connectivity index (χ1n) is 7.27. The molecule has 0 aromatic carbocycles. The van der Waals surface area contributed by atoms with Gasteiger partial charge in [0, 0.05) is 12.3 Å². The molecule has 0 bridgehead atoms. The third kappa shape index (κ3) is 6.21. The second kappa shape index (κ2) is 8.44. The summed E-state index contributed by atoms with van der Waals surface area (Å²) in [4.78, 5) is 59.7. The summed E-state index contributed by atoms with van der Waals surface area (Å²) in [6, 6.07) is 0.800. The second-order valence-electron chi connectivity index (χ2n) is 5.61. The minimum atomic E-state index is -5.87. The van der Waals surface area contributed by atoms with Gasteiger partial charge in [0.15, 0.2) is 6.23 Å². The van der Waals surface area contributed by atoms with E-state index in [2.05, 4.69) is 17.9 Å². The normalized spacial score (nSPS) is 31.2. The zero-order valence-electron chi connectivity index (χ0n) is 14.1. The summed E-state index contributed by atoms with van der Waals surface area (Å²) in [5.74, 6) is -3.50. The molecule has 0 amide bonds. The Kier molecular flexibility index (Phi) is 7.08. The number of H-pyrrole nitrogens is 1. The smallest absolute Gasteiger partial charge is 0.385 e. The van der Waals surface area contributed by atoms with Gasteiger partial charge < -0.3 is 34.5 Å². The van der Waals surface area contributed by atoms with Crippen LogP contribution < -0.4 is 11.2 Å². The SMILES string of the molecule is O=c1ccn([C@@H]2O[C@](F)(COP(=O)(O)OP(=O)(O)OP(=O)(O)O)[C@@H](O)[C@H]2O)c(=O)[nH]1. The van der Waals surface area contributed by atoms with Gasteiger partial charge in [0.1, 0.15) is 18.8 Å². The van der Waals surface area contributed by atoms with E-state index in [-0.39, 0.29) is 0 Å². The molecule has 1 aromatic heterocycles. The Morgan fingerprint density at radius 2 is 1.73 bits per heavy atom. The fourth-order valence-electron chi connectivity index (χ4n) is 2.19. The predicted molar refractivity (Wildman–Crippen MR) is 87.1 cm³/mol. The van der Waals surface area contributed by atoms with Crippen LogP contribution in [0.3, 0.4) is 0 Å². The highest BCUT2D eigenvalue weighted by atomic mass is 31.3. The van der Waals surface area contributed by atoms with Gasteiger partial charge in [-0.3, -0.25) is 18.9 Å². The number of ether oxygens (including phenoxy) is 1. The molecule has 1 saturated heterocycles. The number of alkyl halides is 1. The van der Waals surface area contributed by atoms with Crippen molar-refractivity contribution >= 4 is 23.5 Å². The van der Waals surface area contributed by atoms with Gasteiger partial charge in [0.25, 0.3) is 11.4 Å². The van der Waals surface area contributed by atoms with Crippen LogP contribution >= 0.6 is 23.5 Å². The van der Waals surface area contributed by atoms with Gasteiger partial charge in [-0.2, -0.15) is 8.62 Å². The largest absolute Gasteiger partial charge is 0.490 e. The van der Waals surface area contributed by atoms with Crippen LogP contribution in [0.2, 0.25) is 0 Å². The molecule has 2 rings (SSSR count). The Bertz CT molecular complexity index is 1050. The van der Waals surface area contributed by atoms with Gasteiger partial charge in [-0.15, -0.1) is 0 Å². The molecular formula is C9H14FN2O15P3. The van der Waals surface area contributed by atoms with Crippen LogP contribution in [-0.4, -0.2) is 64.0 Å². The summed E-state index contributed by atoms with van der Waals surface area (Å²) in [5, 5.41) is 19.7. The summed E-state index contributed by atoms with van der Waals surface area (Å²) in [7, 11) is -17.3. The molecule has 172 valence electrons. The van der Waals surface area contributed by atoms with E-state index in [1.54, 1.807) is 4.98 Å². The van der Waals surface area contributed by atoms with Crippen LogP contribution in [0.15, 0.2) is 21.9 Å². The maximum atomic E-state index is 14.8. The molecule has 1 aliphatic heterocycles. The second-order valence-corrected chi connectivity index (χ2v) is 10.0.